The van der Waals surface area contributed by atoms with Crippen LogP contribution in [0.3, 0.4) is 0 Å². The van der Waals surface area contributed by atoms with Crippen molar-refractivity contribution in [1.82, 2.24) is 9.55 Å². The molecule has 10 heteroatoms. The Balaban J connectivity index is 2.15. The number of nitrogens with zero attached hydrogens (tertiary/aromatic N) is 3. The van der Waals surface area contributed by atoms with Gasteiger partial charge in [-0.2, -0.15) is 0 Å². The van der Waals surface area contributed by atoms with E-state index in [-0.39, 0.29) is 31.4 Å². The van der Waals surface area contributed by atoms with Crippen LogP contribution in [0.2, 0.25) is 0 Å². The monoisotopic (exact) mass is 394 g/mol. The molecule has 1 amide bonds. The lowest BCUT2D eigenvalue weighted by Gasteiger charge is -2.09. The van der Waals surface area contributed by atoms with E-state index in [9.17, 15) is 14.9 Å². The van der Waals surface area contributed by atoms with E-state index in [0.717, 1.165) is 15.6 Å². The van der Waals surface area contributed by atoms with Crippen molar-refractivity contribution in [2.24, 2.45) is 12.8 Å². The predicted octanol–water partition coefficient (Wildman–Crippen LogP) is 3.21. The van der Waals surface area contributed by atoms with Gasteiger partial charge in [-0.15, -0.1) is 0 Å². The van der Waals surface area contributed by atoms with Gasteiger partial charge >= 0.3 is 6.09 Å². The summed E-state index contributed by atoms with van der Waals surface area (Å²) in [5.74, 6) is 0.884. The molecule has 146 valence electrons. The van der Waals surface area contributed by atoms with Gasteiger partial charge in [0.1, 0.15) is 24.1 Å². The fraction of sp³-hybridized carbons (Fsp3) is 0.412. The quantitative estimate of drug-likeness (QED) is 0.393. The van der Waals surface area contributed by atoms with Crippen molar-refractivity contribution in [3.05, 3.63) is 45.9 Å². The maximum absolute atomic E-state index is 11.0. The third kappa shape index (κ3) is 5.69. The summed E-state index contributed by atoms with van der Waals surface area (Å²) in [6.07, 6.45) is -0.840. The lowest BCUT2D eigenvalue weighted by molar-refractivity contribution is -0.385. The zero-order valence-electron chi connectivity index (χ0n) is 15.4. The number of hydrogen-bond acceptors (Lipinski definition) is 7. The fourth-order valence-electron chi connectivity index (χ4n) is 2.31. The largest absolute Gasteiger partial charge is 0.447 e. The van der Waals surface area contributed by atoms with Gasteiger partial charge in [-0.1, -0.05) is 31.7 Å². The first-order chi connectivity index (χ1) is 12.8. The number of benzene rings is 1. The molecule has 1 aromatic carbocycles. The average Bonchev–Trinajstić information content (AvgIpc) is 2.91. The molecule has 2 aromatic rings. The maximum atomic E-state index is 11.0. The fourth-order valence-corrected chi connectivity index (χ4v) is 3.49. The number of imidazole rings is 1. The molecule has 0 aliphatic carbocycles. The van der Waals surface area contributed by atoms with Crippen LogP contribution in [0.15, 0.2) is 34.2 Å². The van der Waals surface area contributed by atoms with Crippen LogP contribution in [0.1, 0.15) is 31.3 Å². The van der Waals surface area contributed by atoms with E-state index < -0.39 is 11.0 Å². The molecule has 0 atom stereocenters. The number of amides is 1. The number of hydrogen-bond donors (Lipinski definition) is 1. The molecule has 0 unspecified atom stereocenters. The van der Waals surface area contributed by atoms with Gasteiger partial charge in [0, 0.05) is 24.1 Å². The van der Waals surface area contributed by atoms with Gasteiger partial charge in [0.2, 0.25) is 0 Å². The highest BCUT2D eigenvalue weighted by Crippen LogP contribution is 2.35. The Morgan fingerprint density at radius 3 is 2.78 bits per heavy atom. The lowest BCUT2D eigenvalue weighted by Crippen LogP contribution is -2.16. The Labute approximate surface area is 161 Å². The molecule has 0 aliphatic heterocycles. The van der Waals surface area contributed by atoms with E-state index in [4.69, 9.17) is 10.5 Å². The van der Waals surface area contributed by atoms with Crippen molar-refractivity contribution in [3.8, 4) is 0 Å². The van der Waals surface area contributed by atoms with E-state index in [2.05, 4.69) is 9.72 Å². The second kappa shape index (κ2) is 9.38. The standard InChI is InChI=1S/C17H22N4O5S/c1-11(2)15-16(27-13-6-4-5-12(9-13)21(23)24)20(3)14(19-15)10-25-7-8-26-17(18)22/h4-6,9,11H,7-8,10H2,1-3H3,(H2,18,22). The van der Waals surface area contributed by atoms with Crippen molar-refractivity contribution in [2.45, 2.75) is 36.3 Å². The maximum Gasteiger partial charge on any atom is 0.404 e. The number of primary amides is 1. The van der Waals surface area contributed by atoms with Crippen molar-refractivity contribution in [2.75, 3.05) is 13.2 Å². The molecule has 27 heavy (non-hydrogen) atoms. The summed E-state index contributed by atoms with van der Waals surface area (Å²) < 4.78 is 12.0. The molecular formula is C17H22N4O5S. The van der Waals surface area contributed by atoms with Crippen LogP contribution in [-0.2, 0) is 23.1 Å². The number of carbonyl (C=O) groups excluding carboxylic acids is 1. The van der Waals surface area contributed by atoms with E-state index in [1.54, 1.807) is 12.1 Å². The number of aromatic nitrogens is 2. The molecule has 0 aliphatic rings. The minimum Gasteiger partial charge on any atom is -0.447 e. The van der Waals surface area contributed by atoms with Gasteiger partial charge in [0.25, 0.3) is 5.69 Å². The normalized spacial score (nSPS) is 11.0. The topological polar surface area (TPSA) is 123 Å². The summed E-state index contributed by atoms with van der Waals surface area (Å²) in [7, 11) is 1.87. The van der Waals surface area contributed by atoms with E-state index in [1.807, 2.05) is 31.5 Å². The first kappa shape index (κ1) is 20.7. The summed E-state index contributed by atoms with van der Waals surface area (Å²) in [5, 5.41) is 11.9. The highest BCUT2D eigenvalue weighted by atomic mass is 32.2. The summed E-state index contributed by atoms with van der Waals surface area (Å²) >= 11 is 1.42. The predicted molar refractivity (Wildman–Crippen MR) is 99.7 cm³/mol. The number of nitrogens with two attached hydrogens (primary N) is 1. The number of rotatable bonds is 9. The van der Waals surface area contributed by atoms with Crippen LogP contribution in [0.4, 0.5) is 10.5 Å². The van der Waals surface area contributed by atoms with Crippen LogP contribution >= 0.6 is 11.8 Å². The molecule has 0 saturated carbocycles. The number of nitro groups is 1. The van der Waals surface area contributed by atoms with E-state index >= 15 is 0 Å². The van der Waals surface area contributed by atoms with Crippen LogP contribution in [0, 0.1) is 10.1 Å². The van der Waals surface area contributed by atoms with Gasteiger partial charge in [0.15, 0.2) is 0 Å². The van der Waals surface area contributed by atoms with Crippen molar-refractivity contribution >= 4 is 23.5 Å². The molecule has 2 rings (SSSR count). The number of carbonyl (C=O) groups is 1. The van der Waals surface area contributed by atoms with Gasteiger partial charge < -0.3 is 19.8 Å². The number of non-ortho nitro benzene ring substituents is 1. The molecule has 1 aromatic heterocycles. The van der Waals surface area contributed by atoms with Gasteiger partial charge in [-0.25, -0.2) is 9.78 Å². The Hall–Kier alpha value is -2.59. The molecule has 0 fully saturated rings. The average molecular weight is 394 g/mol. The first-order valence-corrected chi connectivity index (χ1v) is 9.09. The summed E-state index contributed by atoms with van der Waals surface area (Å²) in [6.45, 7) is 4.59. The highest BCUT2D eigenvalue weighted by molar-refractivity contribution is 7.99. The molecule has 2 N–H and O–H groups in total. The third-order valence-corrected chi connectivity index (χ3v) is 4.82. The molecular weight excluding hydrogens is 372 g/mol. The smallest absolute Gasteiger partial charge is 0.404 e. The highest BCUT2D eigenvalue weighted by Gasteiger charge is 2.19. The summed E-state index contributed by atoms with van der Waals surface area (Å²) in [4.78, 5) is 26.5. The van der Waals surface area contributed by atoms with Crippen molar-refractivity contribution < 1.29 is 19.2 Å². The summed E-state index contributed by atoms with van der Waals surface area (Å²) in [6, 6.07) is 6.49. The molecule has 1 heterocycles. The van der Waals surface area contributed by atoms with Crippen molar-refractivity contribution in [1.29, 1.82) is 0 Å². The number of nitro benzene ring substituents is 1. The first-order valence-electron chi connectivity index (χ1n) is 8.27. The van der Waals surface area contributed by atoms with Crippen molar-refractivity contribution in [3.63, 3.8) is 0 Å². The molecule has 0 saturated heterocycles. The molecule has 9 nitrogen and oxygen atoms in total. The lowest BCUT2D eigenvalue weighted by atomic mass is 10.2. The Kier molecular flexibility index (Phi) is 7.19. The molecule has 0 bridgehead atoms. The van der Waals surface area contributed by atoms with Gasteiger partial charge in [-0.05, 0) is 12.0 Å². The SMILES string of the molecule is CC(C)c1nc(COCCOC(N)=O)n(C)c1Sc1cccc([N+](=O)[O-])c1. The van der Waals surface area contributed by atoms with Crippen LogP contribution in [0.25, 0.3) is 0 Å². The minimum atomic E-state index is -0.840. The van der Waals surface area contributed by atoms with Crippen LogP contribution < -0.4 is 5.73 Å². The number of ether oxygens (including phenoxy) is 2. The zero-order chi connectivity index (χ0) is 20.0. The molecule has 0 radical (unpaired) electrons. The second-order valence-corrected chi connectivity index (χ2v) is 7.07. The third-order valence-electron chi connectivity index (χ3n) is 3.65. The van der Waals surface area contributed by atoms with Gasteiger partial charge in [-0.3, -0.25) is 10.1 Å². The minimum absolute atomic E-state index is 0.0475. The van der Waals surface area contributed by atoms with E-state index in [1.165, 1.54) is 17.8 Å². The Morgan fingerprint density at radius 2 is 2.15 bits per heavy atom. The van der Waals surface area contributed by atoms with Crippen LogP contribution in [0.5, 0.6) is 0 Å². The summed E-state index contributed by atoms with van der Waals surface area (Å²) in [5.41, 5.74) is 5.83. The Morgan fingerprint density at radius 1 is 1.41 bits per heavy atom. The Bertz CT molecular complexity index is 822. The van der Waals surface area contributed by atoms with Crippen LogP contribution in [-0.4, -0.2) is 33.8 Å². The van der Waals surface area contributed by atoms with Gasteiger partial charge in [0.05, 0.1) is 17.2 Å². The molecule has 0 spiro atoms. The van der Waals surface area contributed by atoms with E-state index in [0.29, 0.717) is 5.82 Å². The second-order valence-electron chi connectivity index (χ2n) is 6.01. The zero-order valence-corrected chi connectivity index (χ0v) is 16.2.